The second-order valence-electron chi connectivity index (χ2n) is 7.98. The van der Waals surface area contributed by atoms with Crippen molar-refractivity contribution in [3.63, 3.8) is 0 Å². The van der Waals surface area contributed by atoms with Gasteiger partial charge >= 0.3 is 0 Å². The molecule has 0 saturated carbocycles. The number of hydrogen-bond donors (Lipinski definition) is 2. The lowest BCUT2D eigenvalue weighted by Crippen LogP contribution is -2.35. The van der Waals surface area contributed by atoms with Crippen LogP contribution in [0.1, 0.15) is 21.5 Å². The lowest BCUT2D eigenvalue weighted by molar-refractivity contribution is 0.0948. The summed E-state index contributed by atoms with van der Waals surface area (Å²) in [6, 6.07) is 19.5. The van der Waals surface area contributed by atoms with E-state index >= 15 is 0 Å². The first kappa shape index (κ1) is 22.5. The van der Waals surface area contributed by atoms with Crippen molar-refractivity contribution in [2.75, 3.05) is 0 Å². The number of rotatable bonds is 5. The Labute approximate surface area is 203 Å². The topological polar surface area (TPSA) is 92.2 Å². The van der Waals surface area contributed by atoms with Crippen molar-refractivity contribution in [1.29, 1.82) is 5.41 Å². The number of benzene rings is 2. The third-order valence-electron chi connectivity index (χ3n) is 5.71. The summed E-state index contributed by atoms with van der Waals surface area (Å²) in [5, 5.41) is 12.3. The van der Waals surface area contributed by atoms with Gasteiger partial charge in [-0.1, -0.05) is 48.0 Å². The number of nitrogens with zero attached hydrogens (tertiary/aromatic N) is 3. The fraction of sp³-hybridized carbons (Fsp3) is 0.0769. The first-order valence-corrected chi connectivity index (χ1v) is 11.2. The molecule has 9 heteroatoms. The number of halogens is 2. The molecule has 0 saturated heterocycles. The first-order chi connectivity index (χ1) is 16.9. The predicted octanol–water partition coefficient (Wildman–Crippen LogP) is 3.90. The van der Waals surface area contributed by atoms with Crippen LogP contribution in [-0.2, 0) is 13.1 Å². The largest absolute Gasteiger partial charge is 0.348 e. The van der Waals surface area contributed by atoms with E-state index in [0.29, 0.717) is 16.2 Å². The van der Waals surface area contributed by atoms with Gasteiger partial charge < -0.3 is 9.88 Å². The minimum atomic E-state index is -0.526. The smallest absolute Gasteiger partial charge is 0.267 e. The summed E-state index contributed by atoms with van der Waals surface area (Å²) in [4.78, 5) is 31.1. The average Bonchev–Trinajstić information content (AvgIpc) is 2.86. The summed E-state index contributed by atoms with van der Waals surface area (Å²) in [6.07, 6.45) is 1.60. The molecule has 0 aliphatic heterocycles. The Morgan fingerprint density at radius 2 is 1.80 bits per heavy atom. The summed E-state index contributed by atoms with van der Waals surface area (Å²) in [6.45, 7) is 0.277. The van der Waals surface area contributed by atoms with Crippen LogP contribution in [0.5, 0.6) is 0 Å². The molecule has 3 heterocycles. The van der Waals surface area contributed by atoms with Gasteiger partial charge in [0.2, 0.25) is 0 Å². The standard InChI is InChI=1S/C26H19ClFN5O2/c27-21-6-2-1-5-17(21)14-30-25(34)19-13-20-24(31-22-7-3-4-12-32(22)26(20)35)33(23(19)29)15-16-8-10-18(28)11-9-16/h1-13,29H,14-15H2,(H,30,34). The molecular weight excluding hydrogens is 469 g/mol. The van der Waals surface area contributed by atoms with Gasteiger partial charge in [-0.3, -0.25) is 19.4 Å². The number of hydrogen-bond acceptors (Lipinski definition) is 4. The molecule has 5 rings (SSSR count). The van der Waals surface area contributed by atoms with Gasteiger partial charge in [0.05, 0.1) is 17.5 Å². The van der Waals surface area contributed by atoms with Crippen molar-refractivity contribution in [3.8, 4) is 0 Å². The molecule has 5 aromatic rings. The lowest BCUT2D eigenvalue weighted by atomic mass is 10.1. The number of pyridine rings is 2. The van der Waals surface area contributed by atoms with Crippen LogP contribution in [0.4, 0.5) is 4.39 Å². The van der Waals surface area contributed by atoms with Gasteiger partial charge in [-0.15, -0.1) is 0 Å². The van der Waals surface area contributed by atoms with Crippen molar-refractivity contribution < 1.29 is 9.18 Å². The summed E-state index contributed by atoms with van der Waals surface area (Å²) in [5.74, 6) is -0.910. The van der Waals surface area contributed by atoms with Gasteiger partial charge in [-0.2, -0.15) is 0 Å². The SMILES string of the molecule is N=c1c(C(=O)NCc2ccccc2Cl)cc2c(=O)n3ccccc3nc2n1Cc1ccc(F)cc1. The van der Waals surface area contributed by atoms with Crippen molar-refractivity contribution in [1.82, 2.24) is 19.3 Å². The van der Waals surface area contributed by atoms with Crippen LogP contribution in [0.2, 0.25) is 5.02 Å². The van der Waals surface area contributed by atoms with Crippen LogP contribution in [0, 0.1) is 11.2 Å². The fourth-order valence-corrected chi connectivity index (χ4v) is 4.10. The zero-order valence-corrected chi connectivity index (χ0v) is 19.1. The van der Waals surface area contributed by atoms with Gasteiger partial charge in [0.15, 0.2) is 0 Å². The van der Waals surface area contributed by atoms with Gasteiger partial charge in [-0.05, 0) is 47.5 Å². The molecule has 2 N–H and O–H groups in total. The molecule has 0 aliphatic rings. The zero-order chi connectivity index (χ0) is 24.5. The zero-order valence-electron chi connectivity index (χ0n) is 18.3. The van der Waals surface area contributed by atoms with Crippen LogP contribution in [0.15, 0.2) is 83.8 Å². The minimum Gasteiger partial charge on any atom is -0.348 e. The Hall–Kier alpha value is -4.30. The second kappa shape index (κ2) is 9.15. The number of amides is 1. The van der Waals surface area contributed by atoms with E-state index in [0.717, 1.165) is 5.56 Å². The van der Waals surface area contributed by atoms with E-state index in [9.17, 15) is 14.0 Å². The van der Waals surface area contributed by atoms with Gasteiger partial charge in [-0.25, -0.2) is 9.37 Å². The van der Waals surface area contributed by atoms with Crippen LogP contribution >= 0.6 is 11.6 Å². The Morgan fingerprint density at radius 3 is 2.57 bits per heavy atom. The van der Waals surface area contributed by atoms with Crippen molar-refractivity contribution in [2.24, 2.45) is 0 Å². The van der Waals surface area contributed by atoms with E-state index in [1.165, 1.54) is 27.2 Å². The van der Waals surface area contributed by atoms with Gasteiger partial charge in [0.25, 0.3) is 11.5 Å². The highest BCUT2D eigenvalue weighted by Gasteiger charge is 2.18. The molecule has 174 valence electrons. The average molecular weight is 488 g/mol. The number of carbonyl (C=O) groups excluding carboxylic acids is 1. The molecule has 0 unspecified atom stereocenters. The lowest BCUT2D eigenvalue weighted by Gasteiger charge is -2.15. The molecule has 1 amide bonds. The summed E-state index contributed by atoms with van der Waals surface area (Å²) >= 11 is 6.19. The third-order valence-corrected chi connectivity index (χ3v) is 6.08. The maximum absolute atomic E-state index is 13.4. The van der Waals surface area contributed by atoms with Crippen molar-refractivity contribution in [3.05, 3.63) is 122 Å². The molecule has 2 aromatic carbocycles. The van der Waals surface area contributed by atoms with E-state index in [4.69, 9.17) is 17.0 Å². The molecular formula is C26H19ClFN5O2. The summed E-state index contributed by atoms with van der Waals surface area (Å²) < 4.78 is 16.3. The predicted molar refractivity (Wildman–Crippen MR) is 131 cm³/mol. The van der Waals surface area contributed by atoms with E-state index in [1.807, 2.05) is 6.07 Å². The Bertz CT molecular complexity index is 1710. The second-order valence-corrected chi connectivity index (χ2v) is 8.38. The molecule has 0 aliphatic carbocycles. The molecule has 0 bridgehead atoms. The van der Waals surface area contributed by atoms with E-state index in [2.05, 4.69) is 10.3 Å². The fourth-order valence-electron chi connectivity index (χ4n) is 3.90. The number of fused-ring (bicyclic) bond motifs is 2. The highest BCUT2D eigenvalue weighted by molar-refractivity contribution is 6.31. The quantitative estimate of drug-likeness (QED) is 0.368. The normalized spacial score (nSPS) is 11.1. The van der Waals surface area contributed by atoms with Crippen molar-refractivity contribution >= 4 is 34.2 Å². The van der Waals surface area contributed by atoms with Crippen LogP contribution in [-0.4, -0.2) is 19.9 Å². The molecule has 0 radical (unpaired) electrons. The molecule has 3 aromatic heterocycles. The number of nitrogens with one attached hydrogen (secondary N) is 2. The van der Waals surface area contributed by atoms with E-state index < -0.39 is 5.91 Å². The molecule has 0 spiro atoms. The highest BCUT2D eigenvalue weighted by Crippen LogP contribution is 2.16. The highest BCUT2D eigenvalue weighted by atomic mass is 35.5. The van der Waals surface area contributed by atoms with Crippen molar-refractivity contribution in [2.45, 2.75) is 13.1 Å². The van der Waals surface area contributed by atoms with Crippen LogP contribution in [0.25, 0.3) is 16.7 Å². The molecule has 7 nitrogen and oxygen atoms in total. The van der Waals surface area contributed by atoms with Gasteiger partial charge in [0.1, 0.15) is 22.6 Å². The Kier molecular flexibility index (Phi) is 5.88. The Morgan fingerprint density at radius 1 is 1.06 bits per heavy atom. The number of aromatic nitrogens is 3. The van der Waals surface area contributed by atoms with Gasteiger partial charge in [0, 0.05) is 17.8 Å². The Balaban J connectivity index is 1.66. The maximum Gasteiger partial charge on any atom is 0.267 e. The van der Waals surface area contributed by atoms with E-state index in [-0.39, 0.29) is 46.6 Å². The molecule has 0 fully saturated rings. The van der Waals surface area contributed by atoms with Crippen LogP contribution in [0.3, 0.4) is 0 Å². The maximum atomic E-state index is 13.4. The third kappa shape index (κ3) is 4.31. The monoisotopic (exact) mass is 487 g/mol. The summed E-state index contributed by atoms with van der Waals surface area (Å²) in [7, 11) is 0. The minimum absolute atomic E-state index is 0.0152. The van der Waals surface area contributed by atoms with E-state index in [1.54, 1.807) is 54.7 Å². The first-order valence-electron chi connectivity index (χ1n) is 10.8. The number of carbonyl (C=O) groups is 1. The molecule has 0 atom stereocenters. The summed E-state index contributed by atoms with van der Waals surface area (Å²) in [5.41, 5.74) is 1.62. The van der Waals surface area contributed by atoms with Crippen LogP contribution < -0.4 is 16.4 Å². The molecule has 35 heavy (non-hydrogen) atoms.